The maximum Gasteiger partial charge on any atom is 0.433 e. The molecule has 0 N–H and O–H groups in total. The van der Waals surface area contributed by atoms with Crippen LogP contribution in [0, 0.1) is 5.82 Å². The topological polar surface area (TPSA) is 12.9 Å². The number of rotatable bonds is 1. The first kappa shape index (κ1) is 12.3. The number of pyridine rings is 1. The van der Waals surface area contributed by atoms with Gasteiger partial charge in [0.15, 0.2) is 11.5 Å². The molecule has 0 fully saturated rings. The van der Waals surface area contributed by atoms with Crippen molar-refractivity contribution in [2.24, 2.45) is 0 Å². The van der Waals surface area contributed by atoms with Crippen LogP contribution in [0.3, 0.4) is 0 Å². The summed E-state index contributed by atoms with van der Waals surface area (Å²) in [6.07, 6.45) is -8.26. The Morgan fingerprint density at radius 1 is 1.27 bits per heavy atom. The molecule has 15 heavy (non-hydrogen) atoms. The molecule has 1 nitrogen and oxygen atoms in total. The van der Waals surface area contributed by atoms with Gasteiger partial charge in [-0.1, -0.05) is 0 Å². The summed E-state index contributed by atoms with van der Waals surface area (Å²) in [4.78, 5) is 2.62. The fraction of sp³-hybridized carbons (Fsp3) is 0.286. The minimum absolute atomic E-state index is 0.235. The van der Waals surface area contributed by atoms with E-state index in [-0.39, 0.29) is 6.20 Å². The lowest BCUT2D eigenvalue weighted by molar-refractivity contribution is -0.143. The second kappa shape index (κ2) is 3.99. The molecule has 0 aliphatic heterocycles. The summed E-state index contributed by atoms with van der Waals surface area (Å²) in [5, 5.41) is 0. The molecule has 84 valence electrons. The summed E-state index contributed by atoms with van der Waals surface area (Å²) >= 11 is 2.33. The monoisotopic (exact) mass is 293 g/mol. The molecular formula is C7H2BrF6N. The van der Waals surface area contributed by atoms with E-state index < -0.39 is 34.1 Å². The van der Waals surface area contributed by atoms with Gasteiger partial charge in [-0.05, 0) is 15.9 Å². The second-order valence-corrected chi connectivity index (χ2v) is 3.27. The van der Waals surface area contributed by atoms with Gasteiger partial charge in [-0.3, -0.25) is 0 Å². The maximum atomic E-state index is 12.7. The summed E-state index contributed by atoms with van der Waals surface area (Å²) in [7, 11) is 0. The Bertz CT molecular complexity index is 374. The molecule has 1 rings (SSSR count). The van der Waals surface area contributed by atoms with Crippen LogP contribution >= 0.6 is 15.9 Å². The molecule has 1 heterocycles. The number of nitrogens with zero attached hydrogens (tertiary/aromatic N) is 1. The van der Waals surface area contributed by atoms with Crippen molar-refractivity contribution < 1.29 is 26.3 Å². The van der Waals surface area contributed by atoms with Crippen LogP contribution < -0.4 is 0 Å². The van der Waals surface area contributed by atoms with E-state index in [1.165, 1.54) is 0 Å². The Balaban J connectivity index is 3.47. The van der Waals surface area contributed by atoms with Gasteiger partial charge < -0.3 is 0 Å². The number of alkyl halides is 5. The van der Waals surface area contributed by atoms with Gasteiger partial charge in [0.25, 0.3) is 6.43 Å². The molecule has 0 unspecified atom stereocenters. The molecular weight excluding hydrogens is 292 g/mol. The average Bonchev–Trinajstić information content (AvgIpc) is 2.06. The fourth-order valence-electron chi connectivity index (χ4n) is 0.905. The normalized spacial score (nSPS) is 12.3. The van der Waals surface area contributed by atoms with E-state index in [2.05, 4.69) is 20.9 Å². The van der Waals surface area contributed by atoms with Crippen LogP contribution in [0.1, 0.15) is 17.7 Å². The Kier molecular flexibility index (Phi) is 3.27. The Hall–Kier alpha value is -0.790. The van der Waals surface area contributed by atoms with E-state index in [9.17, 15) is 26.3 Å². The molecule has 0 saturated heterocycles. The number of aromatic nitrogens is 1. The summed E-state index contributed by atoms with van der Waals surface area (Å²) in [6, 6.07) is 0. The molecule has 0 aromatic carbocycles. The van der Waals surface area contributed by atoms with Crippen LogP contribution in [0.2, 0.25) is 0 Å². The fourth-order valence-corrected chi connectivity index (χ4v) is 1.37. The second-order valence-electron chi connectivity index (χ2n) is 2.48. The van der Waals surface area contributed by atoms with Gasteiger partial charge in [-0.2, -0.15) is 13.2 Å². The minimum Gasteiger partial charge on any atom is -0.248 e. The van der Waals surface area contributed by atoms with Gasteiger partial charge >= 0.3 is 6.18 Å². The van der Waals surface area contributed by atoms with Crippen molar-refractivity contribution in [1.29, 1.82) is 0 Å². The summed E-state index contributed by atoms with van der Waals surface area (Å²) in [5.41, 5.74) is -3.27. The van der Waals surface area contributed by atoms with E-state index >= 15 is 0 Å². The molecule has 0 atom stereocenters. The first-order chi connectivity index (χ1) is 6.75. The highest BCUT2D eigenvalue weighted by atomic mass is 79.9. The van der Waals surface area contributed by atoms with Crippen LogP contribution in [0.5, 0.6) is 0 Å². The largest absolute Gasteiger partial charge is 0.433 e. The highest BCUT2D eigenvalue weighted by Gasteiger charge is 2.39. The van der Waals surface area contributed by atoms with E-state index in [1.807, 2.05) is 0 Å². The van der Waals surface area contributed by atoms with Crippen LogP contribution in [-0.2, 0) is 6.18 Å². The first-order valence-electron chi connectivity index (χ1n) is 3.44. The zero-order chi connectivity index (χ0) is 11.8. The van der Waals surface area contributed by atoms with Crippen molar-refractivity contribution >= 4 is 15.9 Å². The molecule has 0 saturated carbocycles. The van der Waals surface area contributed by atoms with Crippen molar-refractivity contribution in [3.8, 4) is 0 Å². The predicted octanol–water partition coefficient (Wildman–Crippen LogP) is 3.94. The molecule has 1 aromatic heterocycles. The Labute approximate surface area is 88.2 Å². The van der Waals surface area contributed by atoms with Gasteiger partial charge in [-0.15, -0.1) is 0 Å². The average molecular weight is 294 g/mol. The molecule has 8 heteroatoms. The minimum atomic E-state index is -5.04. The summed E-state index contributed by atoms with van der Waals surface area (Å²) in [6.45, 7) is 0. The molecule has 0 amide bonds. The maximum absolute atomic E-state index is 12.7. The zero-order valence-electron chi connectivity index (χ0n) is 6.75. The lowest BCUT2D eigenvalue weighted by atomic mass is 10.2. The van der Waals surface area contributed by atoms with E-state index in [0.717, 1.165) is 0 Å². The van der Waals surface area contributed by atoms with E-state index in [4.69, 9.17) is 0 Å². The molecule has 0 spiro atoms. The van der Waals surface area contributed by atoms with Gasteiger partial charge in [0.05, 0.1) is 16.2 Å². The van der Waals surface area contributed by atoms with Crippen molar-refractivity contribution in [1.82, 2.24) is 4.98 Å². The van der Waals surface area contributed by atoms with Crippen molar-refractivity contribution in [3.05, 3.63) is 27.7 Å². The number of halogens is 7. The summed E-state index contributed by atoms with van der Waals surface area (Å²) < 4.78 is 72.8. The standard InChI is InChI=1S/C7H2BrF6N/c8-4-2(9)1-15-5(7(12,13)14)3(4)6(10)11/h1,6H. The SMILES string of the molecule is Fc1cnc(C(F)(F)F)c(C(F)F)c1Br. The Morgan fingerprint density at radius 2 is 1.80 bits per heavy atom. The van der Waals surface area contributed by atoms with Crippen LogP contribution in [-0.4, -0.2) is 4.98 Å². The lowest BCUT2D eigenvalue weighted by Crippen LogP contribution is -2.13. The lowest BCUT2D eigenvalue weighted by Gasteiger charge is -2.12. The third-order valence-electron chi connectivity index (χ3n) is 1.49. The van der Waals surface area contributed by atoms with Crippen molar-refractivity contribution in [2.45, 2.75) is 12.6 Å². The van der Waals surface area contributed by atoms with Crippen molar-refractivity contribution in [3.63, 3.8) is 0 Å². The molecule has 0 bridgehead atoms. The third-order valence-corrected chi connectivity index (χ3v) is 2.30. The van der Waals surface area contributed by atoms with Crippen LogP contribution in [0.15, 0.2) is 10.7 Å². The quantitative estimate of drug-likeness (QED) is 0.715. The van der Waals surface area contributed by atoms with Crippen molar-refractivity contribution in [2.75, 3.05) is 0 Å². The highest BCUT2D eigenvalue weighted by molar-refractivity contribution is 9.10. The first-order valence-corrected chi connectivity index (χ1v) is 4.23. The van der Waals surface area contributed by atoms with Gasteiger partial charge in [0.1, 0.15) is 0 Å². The predicted molar refractivity (Wildman–Crippen MR) is 41.9 cm³/mol. The number of hydrogen-bond donors (Lipinski definition) is 0. The molecule has 0 aliphatic rings. The highest BCUT2D eigenvalue weighted by Crippen LogP contribution is 2.39. The van der Waals surface area contributed by atoms with E-state index in [0.29, 0.717) is 0 Å². The van der Waals surface area contributed by atoms with Gasteiger partial charge in [0.2, 0.25) is 0 Å². The summed E-state index contributed by atoms with van der Waals surface area (Å²) in [5.74, 6) is -1.27. The number of hydrogen-bond acceptors (Lipinski definition) is 1. The van der Waals surface area contributed by atoms with Crippen LogP contribution in [0.25, 0.3) is 0 Å². The molecule has 0 radical (unpaired) electrons. The van der Waals surface area contributed by atoms with Gasteiger partial charge in [-0.25, -0.2) is 18.2 Å². The zero-order valence-corrected chi connectivity index (χ0v) is 8.33. The van der Waals surface area contributed by atoms with Crippen LogP contribution in [0.4, 0.5) is 26.3 Å². The molecule has 0 aliphatic carbocycles. The van der Waals surface area contributed by atoms with E-state index in [1.54, 1.807) is 0 Å². The molecule has 1 aromatic rings. The smallest absolute Gasteiger partial charge is 0.248 e. The third kappa shape index (κ3) is 2.42. The van der Waals surface area contributed by atoms with Gasteiger partial charge in [0, 0.05) is 0 Å². The Morgan fingerprint density at radius 3 is 2.20 bits per heavy atom.